The minimum absolute atomic E-state index is 0.545. The molecule has 2 aromatic rings. The summed E-state index contributed by atoms with van der Waals surface area (Å²) in [6.07, 6.45) is -5.49. The summed E-state index contributed by atoms with van der Waals surface area (Å²) < 4.78 is 0. The predicted octanol–water partition coefficient (Wildman–Crippen LogP) is 0.321. The van der Waals surface area contributed by atoms with Gasteiger partial charge in [0, 0.05) is 23.0 Å². The average molecular weight is 402 g/mol. The first-order valence-electron chi connectivity index (χ1n) is 7.66. The molecule has 1 aromatic heterocycles. The number of rotatable bonds is 8. The van der Waals surface area contributed by atoms with Crippen LogP contribution < -0.4 is 5.01 Å². The molecule has 0 radical (unpaired) electrons. The van der Waals surface area contributed by atoms with Gasteiger partial charge in [0.2, 0.25) is 5.13 Å². The smallest absolute Gasteiger partial charge is 0.206 e. The SMILES string of the molecule is CN(/N=C/[C@H](O)[C@@H](O)[C@@H](O)[C@H](O)CO)c1nc(-c2ccc(Cl)cc2)cs1. The minimum Gasteiger partial charge on any atom is -0.394 e. The lowest BCUT2D eigenvalue weighted by atomic mass is 10.0. The van der Waals surface area contributed by atoms with Gasteiger partial charge in [0.15, 0.2) is 0 Å². The van der Waals surface area contributed by atoms with Crippen molar-refractivity contribution in [1.29, 1.82) is 0 Å². The highest BCUT2D eigenvalue weighted by Crippen LogP contribution is 2.27. The molecule has 0 aliphatic heterocycles. The van der Waals surface area contributed by atoms with Gasteiger partial charge in [-0.25, -0.2) is 9.99 Å². The topological polar surface area (TPSA) is 130 Å². The van der Waals surface area contributed by atoms with Gasteiger partial charge in [-0.3, -0.25) is 0 Å². The van der Waals surface area contributed by atoms with Crippen LogP contribution in [0.15, 0.2) is 34.7 Å². The van der Waals surface area contributed by atoms with E-state index in [1.807, 2.05) is 17.5 Å². The van der Waals surface area contributed by atoms with E-state index in [0.29, 0.717) is 10.2 Å². The second kappa shape index (κ2) is 9.38. The van der Waals surface area contributed by atoms with Crippen LogP contribution in [0.25, 0.3) is 11.3 Å². The number of hydrogen-bond donors (Lipinski definition) is 5. The Morgan fingerprint density at radius 1 is 1.19 bits per heavy atom. The van der Waals surface area contributed by atoms with E-state index in [2.05, 4.69) is 10.1 Å². The number of hydrazone groups is 1. The summed E-state index contributed by atoms with van der Waals surface area (Å²) >= 11 is 7.20. The molecule has 0 amide bonds. The number of aromatic nitrogens is 1. The van der Waals surface area contributed by atoms with Crippen molar-refractivity contribution in [2.24, 2.45) is 5.10 Å². The third kappa shape index (κ3) is 5.21. The van der Waals surface area contributed by atoms with Gasteiger partial charge in [-0.05, 0) is 12.1 Å². The average Bonchev–Trinajstić information content (AvgIpc) is 3.14. The van der Waals surface area contributed by atoms with Crippen molar-refractivity contribution in [2.45, 2.75) is 24.4 Å². The zero-order valence-corrected chi connectivity index (χ0v) is 15.4. The number of anilines is 1. The Morgan fingerprint density at radius 2 is 1.85 bits per heavy atom. The lowest BCUT2D eigenvalue weighted by Crippen LogP contribution is -2.46. The van der Waals surface area contributed by atoms with Gasteiger partial charge in [-0.2, -0.15) is 5.10 Å². The number of thiazole rings is 1. The van der Waals surface area contributed by atoms with E-state index >= 15 is 0 Å². The predicted molar refractivity (Wildman–Crippen MR) is 101 cm³/mol. The van der Waals surface area contributed by atoms with Crippen LogP contribution in [0.4, 0.5) is 5.13 Å². The lowest BCUT2D eigenvalue weighted by Gasteiger charge is -2.23. The van der Waals surface area contributed by atoms with Crippen molar-refractivity contribution in [3.8, 4) is 11.3 Å². The fourth-order valence-electron chi connectivity index (χ4n) is 2.01. The highest BCUT2D eigenvalue weighted by atomic mass is 35.5. The maximum absolute atomic E-state index is 9.83. The first-order chi connectivity index (χ1) is 12.3. The second-order valence-corrected chi connectivity index (χ2v) is 6.81. The first kappa shape index (κ1) is 20.7. The van der Waals surface area contributed by atoms with Crippen LogP contribution in [-0.4, -0.2) is 74.8 Å². The van der Waals surface area contributed by atoms with E-state index in [-0.39, 0.29) is 0 Å². The van der Waals surface area contributed by atoms with E-state index in [0.717, 1.165) is 17.5 Å². The molecule has 0 unspecified atom stereocenters. The summed E-state index contributed by atoms with van der Waals surface area (Å²) in [4.78, 5) is 4.43. The molecule has 0 spiro atoms. The van der Waals surface area contributed by atoms with E-state index in [1.165, 1.54) is 16.3 Å². The second-order valence-electron chi connectivity index (χ2n) is 5.53. The fourth-order valence-corrected chi connectivity index (χ4v) is 2.89. The molecule has 2 rings (SSSR count). The van der Waals surface area contributed by atoms with Crippen LogP contribution >= 0.6 is 22.9 Å². The van der Waals surface area contributed by atoms with E-state index in [9.17, 15) is 20.4 Å². The van der Waals surface area contributed by atoms with E-state index in [4.69, 9.17) is 16.7 Å². The summed E-state index contributed by atoms with van der Waals surface area (Å²) in [6.45, 7) is -0.741. The lowest BCUT2D eigenvalue weighted by molar-refractivity contribution is -0.0999. The molecule has 4 atom stereocenters. The van der Waals surface area contributed by atoms with Crippen LogP contribution in [0.3, 0.4) is 0 Å². The van der Waals surface area contributed by atoms with Crippen molar-refractivity contribution in [1.82, 2.24) is 4.98 Å². The highest BCUT2D eigenvalue weighted by molar-refractivity contribution is 7.14. The zero-order valence-electron chi connectivity index (χ0n) is 13.8. The summed E-state index contributed by atoms with van der Waals surface area (Å²) in [7, 11) is 1.61. The molecule has 8 nitrogen and oxygen atoms in total. The van der Waals surface area contributed by atoms with Gasteiger partial charge in [-0.1, -0.05) is 23.7 Å². The number of hydrogen-bond acceptors (Lipinski definition) is 9. The Morgan fingerprint density at radius 3 is 2.46 bits per heavy atom. The Bertz CT molecular complexity index is 727. The van der Waals surface area contributed by atoms with Gasteiger partial charge in [0.05, 0.1) is 18.5 Å². The van der Waals surface area contributed by atoms with E-state index < -0.39 is 31.0 Å². The van der Waals surface area contributed by atoms with Crippen molar-refractivity contribution >= 4 is 34.3 Å². The van der Waals surface area contributed by atoms with Crippen LogP contribution in [0.1, 0.15) is 0 Å². The molecule has 1 heterocycles. The van der Waals surface area contributed by atoms with Crippen molar-refractivity contribution in [2.75, 3.05) is 18.7 Å². The molecule has 0 aliphatic carbocycles. The summed E-state index contributed by atoms with van der Waals surface area (Å²) in [6, 6.07) is 7.22. The van der Waals surface area contributed by atoms with E-state index in [1.54, 1.807) is 19.2 Å². The van der Waals surface area contributed by atoms with Crippen LogP contribution in [0.2, 0.25) is 5.02 Å². The Hall–Kier alpha value is -1.59. The molecule has 0 aliphatic rings. The van der Waals surface area contributed by atoms with Crippen LogP contribution in [-0.2, 0) is 0 Å². The van der Waals surface area contributed by atoms with Gasteiger partial charge in [0.25, 0.3) is 0 Å². The largest absolute Gasteiger partial charge is 0.394 e. The maximum atomic E-state index is 9.83. The van der Waals surface area contributed by atoms with Crippen molar-refractivity contribution < 1.29 is 25.5 Å². The summed E-state index contributed by atoms with van der Waals surface area (Å²) in [5, 5.41) is 55.6. The number of benzene rings is 1. The third-order valence-electron chi connectivity index (χ3n) is 3.58. The molecule has 0 saturated heterocycles. The maximum Gasteiger partial charge on any atom is 0.206 e. The Kier molecular flexibility index (Phi) is 7.47. The summed E-state index contributed by atoms with van der Waals surface area (Å²) in [5.41, 5.74) is 1.64. The molecular weight excluding hydrogens is 382 g/mol. The number of aliphatic hydroxyl groups is 5. The minimum atomic E-state index is -1.71. The monoisotopic (exact) mass is 401 g/mol. The highest BCUT2D eigenvalue weighted by Gasteiger charge is 2.29. The molecule has 10 heteroatoms. The molecule has 0 bridgehead atoms. The van der Waals surface area contributed by atoms with Crippen LogP contribution in [0, 0.1) is 0 Å². The molecule has 142 valence electrons. The molecule has 0 saturated carbocycles. The molecular formula is C16H20ClN3O5S. The molecule has 5 N–H and O–H groups in total. The Labute approximate surface area is 159 Å². The quantitative estimate of drug-likeness (QED) is 0.318. The van der Waals surface area contributed by atoms with Crippen molar-refractivity contribution in [3.63, 3.8) is 0 Å². The van der Waals surface area contributed by atoms with Gasteiger partial charge in [0.1, 0.15) is 24.4 Å². The van der Waals surface area contributed by atoms with Gasteiger partial charge < -0.3 is 25.5 Å². The normalized spacial score (nSPS) is 16.4. The molecule has 0 fully saturated rings. The molecule has 26 heavy (non-hydrogen) atoms. The van der Waals surface area contributed by atoms with Crippen LogP contribution in [0.5, 0.6) is 0 Å². The first-order valence-corrected chi connectivity index (χ1v) is 8.91. The number of halogens is 1. The Balaban J connectivity index is 2.02. The number of nitrogens with zero attached hydrogens (tertiary/aromatic N) is 3. The zero-order chi connectivity index (χ0) is 19.3. The summed E-state index contributed by atoms with van der Waals surface area (Å²) in [5.74, 6) is 0. The van der Waals surface area contributed by atoms with Gasteiger partial charge in [-0.15, -0.1) is 11.3 Å². The van der Waals surface area contributed by atoms with Gasteiger partial charge >= 0.3 is 0 Å². The van der Waals surface area contributed by atoms with Crippen molar-refractivity contribution in [3.05, 3.63) is 34.7 Å². The molecule has 1 aromatic carbocycles. The number of aliphatic hydroxyl groups excluding tert-OH is 5. The fraction of sp³-hybridized carbons (Fsp3) is 0.375. The third-order valence-corrected chi connectivity index (χ3v) is 4.74. The standard InChI is InChI=1S/C16H20ClN3O5S/c1-20(18-6-12(22)14(24)15(25)13(23)7-21)16-19-11(8-26-16)9-2-4-10(17)5-3-9/h2-6,8,12-15,21-25H,7H2,1H3/b18-6+/t12-,13+,14+,15-/m0/s1.